The fraction of sp³-hybridized carbons (Fsp3) is 0.533. The number of benzene rings is 2. The molecule has 5 atom stereocenters. The number of alkyl carbamates (subject to hydrolysis) is 1. The zero-order valence-electron chi connectivity index (χ0n) is 24.9. The number of ether oxygens (including phenoxy) is 3. The van der Waals surface area contributed by atoms with Crippen LogP contribution >= 0.6 is 0 Å². The zero-order chi connectivity index (χ0) is 30.7. The third-order valence-electron chi connectivity index (χ3n) is 7.64. The summed E-state index contributed by atoms with van der Waals surface area (Å²) in [5, 5.41) is 14.3. The Kier molecular flexibility index (Phi) is 9.57. The minimum atomic E-state index is -4.06. The van der Waals surface area contributed by atoms with E-state index in [4.69, 9.17) is 18.6 Å². The molecule has 1 aromatic heterocycles. The predicted molar refractivity (Wildman–Crippen MR) is 159 cm³/mol. The number of amides is 1. The van der Waals surface area contributed by atoms with E-state index in [0.29, 0.717) is 23.7 Å². The summed E-state index contributed by atoms with van der Waals surface area (Å²) in [6.45, 7) is 4.49. The maximum Gasteiger partial charge on any atom is 0.407 e. The molecule has 0 saturated carbocycles. The van der Waals surface area contributed by atoms with Gasteiger partial charge in [0.15, 0.2) is 11.9 Å². The highest BCUT2D eigenvalue weighted by molar-refractivity contribution is 7.89. The fourth-order valence-corrected chi connectivity index (χ4v) is 7.07. The number of hydrogen-bond acceptors (Lipinski definition) is 10. The number of carbonyl (C=O) groups excluding carboxylic acids is 1. The van der Waals surface area contributed by atoms with Crippen molar-refractivity contribution in [3.05, 3.63) is 54.1 Å². The lowest BCUT2D eigenvalue weighted by Gasteiger charge is -2.31. The van der Waals surface area contributed by atoms with Gasteiger partial charge in [-0.15, -0.1) is 0 Å². The Balaban J connectivity index is 1.36. The second-order valence-corrected chi connectivity index (χ2v) is 13.7. The molecule has 2 saturated heterocycles. The SMILES string of the molecule is CC(C)CN(C[C@@H](O)[C@H](Cc1ccccc1)NC(=O)O[C@H]1CO[C@H]2OCC[C@H]21)S(=O)(=O)c1ccc2nc(N(C)C)oc2c1. The summed E-state index contributed by atoms with van der Waals surface area (Å²) in [4.78, 5) is 19.1. The Morgan fingerprint density at radius 1 is 1.14 bits per heavy atom. The zero-order valence-corrected chi connectivity index (χ0v) is 25.7. The third-order valence-corrected chi connectivity index (χ3v) is 9.47. The highest BCUT2D eigenvalue weighted by atomic mass is 32.2. The first-order valence-corrected chi connectivity index (χ1v) is 16.0. The van der Waals surface area contributed by atoms with Crippen molar-refractivity contribution in [2.24, 2.45) is 11.8 Å². The number of aliphatic hydroxyl groups is 1. The van der Waals surface area contributed by atoms with Crippen molar-refractivity contribution in [1.29, 1.82) is 0 Å². The van der Waals surface area contributed by atoms with Crippen LogP contribution in [0.2, 0.25) is 0 Å². The molecule has 3 aromatic rings. The van der Waals surface area contributed by atoms with Gasteiger partial charge in [-0.3, -0.25) is 0 Å². The summed E-state index contributed by atoms with van der Waals surface area (Å²) >= 11 is 0. The molecule has 2 aliphatic rings. The average Bonchev–Trinajstić information content (AvgIpc) is 3.69. The van der Waals surface area contributed by atoms with Gasteiger partial charge in [-0.05, 0) is 36.5 Å². The summed E-state index contributed by atoms with van der Waals surface area (Å²) in [5.74, 6) is -0.0730. The number of rotatable bonds is 12. The van der Waals surface area contributed by atoms with Gasteiger partial charge in [-0.25, -0.2) is 13.2 Å². The molecule has 3 heterocycles. The van der Waals surface area contributed by atoms with Crippen LogP contribution in [-0.2, 0) is 30.7 Å². The van der Waals surface area contributed by atoms with Gasteiger partial charge in [-0.2, -0.15) is 9.29 Å². The second-order valence-electron chi connectivity index (χ2n) is 11.7. The molecule has 0 radical (unpaired) electrons. The number of aromatic nitrogens is 1. The summed E-state index contributed by atoms with van der Waals surface area (Å²) in [5.41, 5.74) is 1.74. The van der Waals surface area contributed by atoms with Crippen molar-refractivity contribution in [3.8, 4) is 0 Å². The first-order chi connectivity index (χ1) is 20.5. The highest BCUT2D eigenvalue weighted by Gasteiger charge is 2.44. The lowest BCUT2D eigenvalue weighted by atomic mass is 10.0. The van der Waals surface area contributed by atoms with Crippen molar-refractivity contribution in [1.82, 2.24) is 14.6 Å². The number of aliphatic hydroxyl groups excluding tert-OH is 1. The van der Waals surface area contributed by atoms with E-state index in [1.165, 1.54) is 16.4 Å². The van der Waals surface area contributed by atoms with E-state index in [1.54, 1.807) is 25.1 Å². The van der Waals surface area contributed by atoms with Crippen molar-refractivity contribution < 1.29 is 36.9 Å². The first-order valence-electron chi connectivity index (χ1n) is 14.5. The molecular weight excluding hydrogens is 576 g/mol. The van der Waals surface area contributed by atoms with Crippen LogP contribution in [0, 0.1) is 11.8 Å². The second kappa shape index (κ2) is 13.2. The molecule has 2 aromatic carbocycles. The molecule has 0 spiro atoms. The lowest BCUT2D eigenvalue weighted by molar-refractivity contribution is -0.0907. The van der Waals surface area contributed by atoms with Crippen molar-refractivity contribution in [2.45, 2.75) is 56.1 Å². The minimum Gasteiger partial charge on any atom is -0.443 e. The van der Waals surface area contributed by atoms with Gasteiger partial charge >= 0.3 is 6.09 Å². The van der Waals surface area contributed by atoms with E-state index in [1.807, 2.05) is 44.2 Å². The van der Waals surface area contributed by atoms with Crippen molar-refractivity contribution in [2.75, 3.05) is 45.3 Å². The van der Waals surface area contributed by atoms with Gasteiger partial charge in [0.05, 0.1) is 36.2 Å². The van der Waals surface area contributed by atoms with E-state index >= 15 is 0 Å². The quantitative estimate of drug-likeness (QED) is 0.312. The largest absolute Gasteiger partial charge is 0.443 e. The Morgan fingerprint density at radius 2 is 1.91 bits per heavy atom. The number of hydrogen-bond donors (Lipinski definition) is 2. The molecule has 1 amide bonds. The molecule has 2 fully saturated rings. The fourth-order valence-electron chi connectivity index (χ4n) is 5.43. The monoisotopic (exact) mass is 616 g/mol. The summed E-state index contributed by atoms with van der Waals surface area (Å²) in [7, 11) is -0.494. The molecule has 5 rings (SSSR count). The summed E-state index contributed by atoms with van der Waals surface area (Å²) in [6.07, 6.45) is -1.79. The maximum absolute atomic E-state index is 13.9. The number of fused-ring (bicyclic) bond motifs is 2. The van der Waals surface area contributed by atoms with Crippen LogP contribution in [0.3, 0.4) is 0 Å². The minimum absolute atomic E-state index is 0.0239. The maximum atomic E-state index is 13.9. The molecule has 2 aliphatic heterocycles. The van der Waals surface area contributed by atoms with Crippen LogP contribution in [0.15, 0.2) is 57.8 Å². The summed E-state index contributed by atoms with van der Waals surface area (Å²) < 4.78 is 51.7. The standard InChI is InChI=1S/C30H40N4O8S/c1-19(2)16-34(43(37,38)21-10-11-23-26(15-21)41-29(31-23)33(3)4)17-25(35)24(14-20-8-6-5-7-9-20)32-30(36)42-27-18-40-28-22(27)12-13-39-28/h5-11,15,19,22,24-25,27-28,35H,12-14,16-18H2,1-4H3,(H,32,36)/t22-,24-,25+,27-,28+/m0/s1. The Bertz CT molecular complexity index is 1500. The Labute approximate surface area is 252 Å². The van der Waals surface area contributed by atoms with Crippen LogP contribution in [0.5, 0.6) is 0 Å². The number of anilines is 1. The van der Waals surface area contributed by atoms with E-state index in [-0.39, 0.29) is 49.1 Å². The van der Waals surface area contributed by atoms with E-state index < -0.39 is 34.4 Å². The normalized spacial score (nSPS) is 21.7. The Hall–Kier alpha value is -3.23. The molecular formula is C30H40N4O8S. The molecule has 0 unspecified atom stereocenters. The predicted octanol–water partition coefficient (Wildman–Crippen LogP) is 3.00. The lowest BCUT2D eigenvalue weighted by Crippen LogP contribution is -2.51. The number of nitrogens with zero attached hydrogens (tertiary/aromatic N) is 3. The smallest absolute Gasteiger partial charge is 0.407 e. The van der Waals surface area contributed by atoms with Crippen LogP contribution in [0.25, 0.3) is 11.1 Å². The highest BCUT2D eigenvalue weighted by Crippen LogP contribution is 2.33. The third kappa shape index (κ3) is 7.29. The van der Waals surface area contributed by atoms with Crippen molar-refractivity contribution >= 4 is 33.2 Å². The number of carbonyl (C=O) groups is 1. The molecule has 0 aliphatic carbocycles. The number of oxazole rings is 1. The van der Waals surface area contributed by atoms with Gasteiger partial charge in [-0.1, -0.05) is 44.2 Å². The van der Waals surface area contributed by atoms with Gasteiger partial charge in [0.2, 0.25) is 10.0 Å². The van der Waals surface area contributed by atoms with Crippen LogP contribution in [-0.4, -0.2) is 93.8 Å². The van der Waals surface area contributed by atoms with Gasteiger partial charge in [0, 0.05) is 33.3 Å². The van der Waals surface area contributed by atoms with Gasteiger partial charge in [0.25, 0.3) is 6.01 Å². The summed E-state index contributed by atoms with van der Waals surface area (Å²) in [6, 6.07) is 13.4. The number of nitrogens with one attached hydrogen (secondary N) is 1. The topological polar surface area (TPSA) is 144 Å². The van der Waals surface area contributed by atoms with E-state index in [2.05, 4.69) is 10.3 Å². The molecule has 2 N–H and O–H groups in total. The van der Waals surface area contributed by atoms with E-state index in [0.717, 1.165) is 12.0 Å². The van der Waals surface area contributed by atoms with Crippen LogP contribution in [0.1, 0.15) is 25.8 Å². The van der Waals surface area contributed by atoms with Crippen molar-refractivity contribution in [3.63, 3.8) is 0 Å². The van der Waals surface area contributed by atoms with Crippen LogP contribution in [0.4, 0.5) is 10.8 Å². The van der Waals surface area contributed by atoms with Gasteiger partial charge in [0.1, 0.15) is 11.6 Å². The molecule has 12 nitrogen and oxygen atoms in total. The average molecular weight is 617 g/mol. The molecule has 43 heavy (non-hydrogen) atoms. The van der Waals surface area contributed by atoms with Crippen LogP contribution < -0.4 is 10.2 Å². The Morgan fingerprint density at radius 3 is 2.63 bits per heavy atom. The van der Waals surface area contributed by atoms with Gasteiger partial charge < -0.3 is 34.0 Å². The molecule has 0 bridgehead atoms. The van der Waals surface area contributed by atoms with E-state index in [9.17, 15) is 18.3 Å². The first kappa shape index (κ1) is 31.2. The number of sulfonamides is 1. The molecule has 13 heteroatoms. The molecule has 234 valence electrons.